The summed E-state index contributed by atoms with van der Waals surface area (Å²) >= 11 is 0. The summed E-state index contributed by atoms with van der Waals surface area (Å²) in [6, 6.07) is 19.8. The number of nitrogens with zero attached hydrogens (tertiary/aromatic N) is 2. The predicted octanol–water partition coefficient (Wildman–Crippen LogP) is 4.97. The van der Waals surface area contributed by atoms with Crippen LogP contribution in [-0.2, 0) is 0 Å². The first-order valence-corrected chi connectivity index (χ1v) is 8.28. The Morgan fingerprint density at radius 2 is 1.54 bits per heavy atom. The fourth-order valence-electron chi connectivity index (χ4n) is 3.22. The van der Waals surface area contributed by atoms with Gasteiger partial charge in [-0.05, 0) is 29.7 Å². The van der Waals surface area contributed by atoms with Crippen molar-refractivity contribution >= 4 is 16.9 Å². The van der Waals surface area contributed by atoms with Crippen molar-refractivity contribution in [1.29, 1.82) is 0 Å². The Labute approximate surface area is 150 Å². The molecule has 0 fully saturated rings. The second-order valence-corrected chi connectivity index (χ2v) is 6.10. The molecule has 0 atom stereocenters. The number of carbonyl (C=O) groups is 1. The van der Waals surface area contributed by atoms with Crippen LogP contribution in [0.2, 0.25) is 0 Å². The van der Waals surface area contributed by atoms with Gasteiger partial charge in [0.1, 0.15) is 0 Å². The Hall–Kier alpha value is -3.53. The third-order valence-corrected chi connectivity index (χ3v) is 4.51. The number of carboxylic acids is 1. The standard InChI is InChI=1S/C22H16N2O2/c1-14-20(22(25)26)18-11-12-23-13-19(18)24-21(14)17-9-7-16(8-10-17)15-5-3-2-4-6-15/h2-13H,1H3,(H,25,26). The normalized spacial score (nSPS) is 10.8. The number of aromatic nitrogens is 2. The average molecular weight is 340 g/mol. The first-order chi connectivity index (χ1) is 12.6. The molecule has 0 amide bonds. The third kappa shape index (κ3) is 2.71. The number of hydrogen-bond acceptors (Lipinski definition) is 3. The van der Waals surface area contributed by atoms with E-state index in [-0.39, 0.29) is 5.56 Å². The van der Waals surface area contributed by atoms with E-state index in [0.717, 1.165) is 16.7 Å². The van der Waals surface area contributed by atoms with Crippen LogP contribution in [0.1, 0.15) is 15.9 Å². The minimum Gasteiger partial charge on any atom is -0.478 e. The van der Waals surface area contributed by atoms with E-state index in [1.54, 1.807) is 25.4 Å². The SMILES string of the molecule is Cc1c(-c2ccc(-c3ccccc3)cc2)nc2cnccc2c1C(=O)O. The molecule has 4 aromatic rings. The fraction of sp³-hybridized carbons (Fsp3) is 0.0455. The van der Waals surface area contributed by atoms with Crippen molar-refractivity contribution in [2.24, 2.45) is 0 Å². The molecule has 2 aromatic heterocycles. The van der Waals surface area contributed by atoms with Crippen LogP contribution in [0.3, 0.4) is 0 Å². The Morgan fingerprint density at radius 1 is 0.885 bits per heavy atom. The summed E-state index contributed by atoms with van der Waals surface area (Å²) in [5, 5.41) is 10.3. The molecule has 0 aliphatic rings. The van der Waals surface area contributed by atoms with Gasteiger partial charge in [0.05, 0.1) is 23.0 Å². The molecule has 26 heavy (non-hydrogen) atoms. The van der Waals surface area contributed by atoms with Gasteiger partial charge in [-0.25, -0.2) is 9.78 Å². The smallest absolute Gasteiger partial charge is 0.336 e. The quantitative estimate of drug-likeness (QED) is 0.572. The molecule has 0 aliphatic carbocycles. The number of benzene rings is 2. The average Bonchev–Trinajstić information content (AvgIpc) is 2.68. The van der Waals surface area contributed by atoms with Crippen LogP contribution in [0, 0.1) is 6.92 Å². The van der Waals surface area contributed by atoms with E-state index < -0.39 is 5.97 Å². The molecule has 4 rings (SSSR count). The van der Waals surface area contributed by atoms with Gasteiger partial charge < -0.3 is 5.11 Å². The van der Waals surface area contributed by atoms with Gasteiger partial charge >= 0.3 is 5.97 Å². The maximum Gasteiger partial charge on any atom is 0.336 e. The van der Waals surface area contributed by atoms with Crippen LogP contribution in [-0.4, -0.2) is 21.0 Å². The van der Waals surface area contributed by atoms with E-state index in [1.165, 1.54) is 0 Å². The van der Waals surface area contributed by atoms with E-state index in [4.69, 9.17) is 0 Å². The van der Waals surface area contributed by atoms with Crippen molar-refractivity contribution in [2.45, 2.75) is 6.92 Å². The highest BCUT2D eigenvalue weighted by Crippen LogP contribution is 2.30. The molecule has 0 spiro atoms. The van der Waals surface area contributed by atoms with Crippen LogP contribution < -0.4 is 0 Å². The number of rotatable bonds is 3. The van der Waals surface area contributed by atoms with E-state index in [1.807, 2.05) is 42.5 Å². The number of carboxylic acid groups (broad SMARTS) is 1. The molecular formula is C22H16N2O2. The molecule has 1 N–H and O–H groups in total. The monoisotopic (exact) mass is 340 g/mol. The van der Waals surface area contributed by atoms with E-state index in [9.17, 15) is 9.90 Å². The summed E-state index contributed by atoms with van der Waals surface area (Å²) in [6.45, 7) is 1.80. The van der Waals surface area contributed by atoms with Gasteiger partial charge in [0.25, 0.3) is 0 Å². The Morgan fingerprint density at radius 3 is 2.23 bits per heavy atom. The lowest BCUT2D eigenvalue weighted by atomic mass is 9.97. The molecule has 0 bridgehead atoms. The Bertz CT molecular complexity index is 1100. The Kier molecular flexibility index (Phi) is 3.93. The molecule has 2 aromatic carbocycles. The van der Waals surface area contributed by atoms with Crippen molar-refractivity contribution in [3.05, 3.63) is 84.2 Å². The van der Waals surface area contributed by atoms with Crippen LogP contribution >= 0.6 is 0 Å². The van der Waals surface area contributed by atoms with Gasteiger partial charge in [-0.15, -0.1) is 0 Å². The molecular weight excluding hydrogens is 324 g/mol. The van der Waals surface area contributed by atoms with Crippen molar-refractivity contribution in [2.75, 3.05) is 0 Å². The van der Waals surface area contributed by atoms with Crippen LogP contribution in [0.5, 0.6) is 0 Å². The topological polar surface area (TPSA) is 63.1 Å². The number of hydrogen-bond donors (Lipinski definition) is 1. The summed E-state index contributed by atoms with van der Waals surface area (Å²) in [6.07, 6.45) is 3.19. The molecule has 2 heterocycles. The summed E-state index contributed by atoms with van der Waals surface area (Å²) in [5.41, 5.74) is 5.31. The summed E-state index contributed by atoms with van der Waals surface area (Å²) < 4.78 is 0. The zero-order valence-corrected chi connectivity index (χ0v) is 14.2. The molecule has 0 saturated carbocycles. The molecule has 0 unspecified atom stereocenters. The lowest BCUT2D eigenvalue weighted by molar-refractivity contribution is 0.0698. The zero-order valence-electron chi connectivity index (χ0n) is 14.2. The second-order valence-electron chi connectivity index (χ2n) is 6.10. The van der Waals surface area contributed by atoms with Gasteiger partial charge in [0.15, 0.2) is 0 Å². The summed E-state index contributed by atoms with van der Waals surface area (Å²) in [7, 11) is 0. The van der Waals surface area contributed by atoms with E-state index in [2.05, 4.69) is 22.1 Å². The number of pyridine rings is 2. The molecule has 0 radical (unpaired) electrons. The molecule has 0 aliphatic heterocycles. The predicted molar refractivity (Wildman–Crippen MR) is 102 cm³/mol. The largest absolute Gasteiger partial charge is 0.478 e. The molecule has 0 saturated heterocycles. The van der Waals surface area contributed by atoms with Gasteiger partial charge in [0, 0.05) is 17.1 Å². The molecule has 4 nitrogen and oxygen atoms in total. The maximum atomic E-state index is 11.8. The molecule has 4 heteroatoms. The van der Waals surface area contributed by atoms with Gasteiger partial charge in [0.2, 0.25) is 0 Å². The van der Waals surface area contributed by atoms with E-state index >= 15 is 0 Å². The fourth-order valence-corrected chi connectivity index (χ4v) is 3.22. The molecule has 126 valence electrons. The van der Waals surface area contributed by atoms with E-state index in [0.29, 0.717) is 22.2 Å². The zero-order chi connectivity index (χ0) is 18.1. The maximum absolute atomic E-state index is 11.8. The number of aromatic carboxylic acids is 1. The lowest BCUT2D eigenvalue weighted by Crippen LogP contribution is -2.05. The second kappa shape index (κ2) is 6.41. The van der Waals surface area contributed by atoms with Gasteiger partial charge in [-0.1, -0.05) is 54.6 Å². The minimum absolute atomic E-state index is 0.277. The lowest BCUT2D eigenvalue weighted by Gasteiger charge is -2.12. The third-order valence-electron chi connectivity index (χ3n) is 4.51. The van der Waals surface area contributed by atoms with Crippen LogP contribution in [0.4, 0.5) is 0 Å². The van der Waals surface area contributed by atoms with Gasteiger partial charge in [-0.3, -0.25) is 4.98 Å². The van der Waals surface area contributed by atoms with Crippen LogP contribution in [0.15, 0.2) is 73.1 Å². The van der Waals surface area contributed by atoms with Crippen molar-refractivity contribution in [3.8, 4) is 22.4 Å². The van der Waals surface area contributed by atoms with Crippen molar-refractivity contribution in [1.82, 2.24) is 9.97 Å². The number of fused-ring (bicyclic) bond motifs is 1. The van der Waals surface area contributed by atoms with Crippen molar-refractivity contribution < 1.29 is 9.90 Å². The minimum atomic E-state index is -0.955. The highest BCUT2D eigenvalue weighted by Gasteiger charge is 2.18. The van der Waals surface area contributed by atoms with Crippen molar-refractivity contribution in [3.63, 3.8) is 0 Å². The summed E-state index contributed by atoms with van der Waals surface area (Å²) in [4.78, 5) is 20.6. The highest BCUT2D eigenvalue weighted by atomic mass is 16.4. The van der Waals surface area contributed by atoms with Crippen LogP contribution in [0.25, 0.3) is 33.3 Å². The first-order valence-electron chi connectivity index (χ1n) is 8.28. The summed E-state index contributed by atoms with van der Waals surface area (Å²) in [5.74, 6) is -0.955. The highest BCUT2D eigenvalue weighted by molar-refractivity contribution is 6.05. The first kappa shape index (κ1) is 16.0. The van der Waals surface area contributed by atoms with Gasteiger partial charge in [-0.2, -0.15) is 0 Å². The Balaban J connectivity index is 1.87.